The van der Waals surface area contributed by atoms with E-state index in [1.165, 1.54) is 0 Å². The van der Waals surface area contributed by atoms with Crippen LogP contribution in [0.1, 0.15) is 23.0 Å². The molecular formula is C14H18N4O. The van der Waals surface area contributed by atoms with Gasteiger partial charge in [-0.15, -0.1) is 0 Å². The first-order valence-corrected chi connectivity index (χ1v) is 6.28. The van der Waals surface area contributed by atoms with Crippen molar-refractivity contribution >= 4 is 11.6 Å². The molecule has 0 unspecified atom stereocenters. The van der Waals surface area contributed by atoms with E-state index in [0.29, 0.717) is 12.1 Å². The zero-order valence-electron chi connectivity index (χ0n) is 11.2. The Morgan fingerprint density at radius 2 is 2.05 bits per heavy atom. The van der Waals surface area contributed by atoms with Gasteiger partial charge in [0.15, 0.2) is 0 Å². The van der Waals surface area contributed by atoms with Crippen LogP contribution < -0.4 is 10.2 Å². The van der Waals surface area contributed by atoms with Crippen molar-refractivity contribution in [1.82, 2.24) is 15.5 Å². The number of amides is 1. The Kier molecular flexibility index (Phi) is 4.18. The second-order valence-electron chi connectivity index (χ2n) is 4.33. The summed E-state index contributed by atoms with van der Waals surface area (Å²) in [5, 5.41) is 9.48. The second-order valence-corrected chi connectivity index (χ2v) is 4.33. The van der Waals surface area contributed by atoms with Gasteiger partial charge in [-0.2, -0.15) is 5.10 Å². The molecule has 0 spiro atoms. The molecule has 1 heterocycles. The molecule has 0 aliphatic heterocycles. The fraction of sp³-hybridized carbons (Fsp3) is 0.286. The Balaban J connectivity index is 1.95. The molecule has 0 aliphatic carbocycles. The molecule has 0 aliphatic rings. The van der Waals surface area contributed by atoms with E-state index in [4.69, 9.17) is 0 Å². The van der Waals surface area contributed by atoms with E-state index in [-0.39, 0.29) is 5.91 Å². The van der Waals surface area contributed by atoms with Crippen molar-refractivity contribution in [2.24, 2.45) is 0 Å². The highest BCUT2D eigenvalue weighted by atomic mass is 16.1. The predicted molar refractivity (Wildman–Crippen MR) is 75.1 cm³/mol. The van der Waals surface area contributed by atoms with Gasteiger partial charge in [-0.1, -0.05) is 0 Å². The van der Waals surface area contributed by atoms with Gasteiger partial charge in [-0.05, 0) is 37.3 Å². The molecule has 0 radical (unpaired) electrons. The van der Waals surface area contributed by atoms with Crippen molar-refractivity contribution in [3.05, 3.63) is 47.8 Å². The molecular weight excluding hydrogens is 240 g/mol. The number of H-pyrrole nitrogens is 1. The number of nitrogens with one attached hydrogen (secondary N) is 2. The first kappa shape index (κ1) is 13.1. The van der Waals surface area contributed by atoms with E-state index in [0.717, 1.165) is 17.9 Å². The largest absolute Gasteiger partial charge is 0.375 e. The minimum atomic E-state index is -0.0831. The van der Waals surface area contributed by atoms with Crippen LogP contribution in [0.2, 0.25) is 0 Å². The predicted octanol–water partition coefficient (Wildman–Crippen LogP) is 1.80. The molecule has 2 aromatic rings. The van der Waals surface area contributed by atoms with Crippen molar-refractivity contribution < 1.29 is 4.79 Å². The lowest BCUT2D eigenvalue weighted by molar-refractivity contribution is 0.0950. The highest BCUT2D eigenvalue weighted by Gasteiger charge is 2.06. The SMILES string of the molecule is CCN(C)c1ccc(C(=O)NCc2ccn[nH]2)cc1. The maximum atomic E-state index is 11.9. The van der Waals surface area contributed by atoms with E-state index in [1.807, 2.05) is 37.4 Å². The molecule has 19 heavy (non-hydrogen) atoms. The van der Waals surface area contributed by atoms with Crippen molar-refractivity contribution in [2.45, 2.75) is 13.5 Å². The molecule has 0 bridgehead atoms. The summed E-state index contributed by atoms with van der Waals surface area (Å²) in [5.41, 5.74) is 2.65. The summed E-state index contributed by atoms with van der Waals surface area (Å²) >= 11 is 0. The maximum absolute atomic E-state index is 11.9. The van der Waals surface area contributed by atoms with E-state index in [1.54, 1.807) is 6.20 Å². The number of nitrogens with zero attached hydrogens (tertiary/aromatic N) is 2. The van der Waals surface area contributed by atoms with E-state index >= 15 is 0 Å². The van der Waals surface area contributed by atoms with Crippen LogP contribution in [-0.2, 0) is 6.54 Å². The summed E-state index contributed by atoms with van der Waals surface area (Å²) in [6.07, 6.45) is 1.66. The van der Waals surface area contributed by atoms with Gasteiger partial charge in [0.25, 0.3) is 5.91 Å². The molecule has 0 fully saturated rings. The number of rotatable bonds is 5. The summed E-state index contributed by atoms with van der Waals surface area (Å²) in [7, 11) is 2.02. The molecule has 2 rings (SSSR count). The van der Waals surface area contributed by atoms with E-state index < -0.39 is 0 Å². The van der Waals surface area contributed by atoms with E-state index in [2.05, 4.69) is 27.3 Å². The topological polar surface area (TPSA) is 61.0 Å². The summed E-state index contributed by atoms with van der Waals surface area (Å²) in [6, 6.07) is 9.41. The normalized spacial score (nSPS) is 10.2. The summed E-state index contributed by atoms with van der Waals surface area (Å²) < 4.78 is 0. The average Bonchev–Trinajstić information content (AvgIpc) is 2.97. The van der Waals surface area contributed by atoms with Gasteiger partial charge in [0.1, 0.15) is 0 Å². The molecule has 1 aromatic heterocycles. The molecule has 5 nitrogen and oxygen atoms in total. The van der Waals surface area contributed by atoms with Crippen LogP contribution >= 0.6 is 0 Å². The molecule has 100 valence electrons. The number of benzene rings is 1. The van der Waals surface area contributed by atoms with Crippen LogP contribution in [-0.4, -0.2) is 29.7 Å². The van der Waals surface area contributed by atoms with Crippen LogP contribution in [0.5, 0.6) is 0 Å². The Bertz CT molecular complexity index is 519. The summed E-state index contributed by atoms with van der Waals surface area (Å²) in [4.78, 5) is 14.0. The summed E-state index contributed by atoms with van der Waals surface area (Å²) in [5.74, 6) is -0.0831. The van der Waals surface area contributed by atoms with Crippen molar-refractivity contribution in [3.63, 3.8) is 0 Å². The minimum absolute atomic E-state index is 0.0831. The lowest BCUT2D eigenvalue weighted by atomic mass is 10.2. The lowest BCUT2D eigenvalue weighted by Crippen LogP contribution is -2.23. The lowest BCUT2D eigenvalue weighted by Gasteiger charge is -2.16. The molecule has 0 saturated carbocycles. The fourth-order valence-electron chi connectivity index (χ4n) is 1.71. The number of carbonyl (C=O) groups excluding carboxylic acids is 1. The van der Waals surface area contributed by atoms with Crippen LogP contribution in [0.3, 0.4) is 0 Å². The van der Waals surface area contributed by atoms with E-state index in [9.17, 15) is 4.79 Å². The van der Waals surface area contributed by atoms with Crippen LogP contribution in [0, 0.1) is 0 Å². The molecule has 2 N–H and O–H groups in total. The van der Waals surface area contributed by atoms with Crippen molar-refractivity contribution in [2.75, 3.05) is 18.5 Å². The quantitative estimate of drug-likeness (QED) is 0.859. The smallest absolute Gasteiger partial charge is 0.251 e. The number of hydrogen-bond donors (Lipinski definition) is 2. The number of hydrogen-bond acceptors (Lipinski definition) is 3. The third-order valence-electron chi connectivity index (χ3n) is 3.04. The molecule has 0 atom stereocenters. The van der Waals surface area contributed by atoms with Gasteiger partial charge in [0.05, 0.1) is 12.2 Å². The van der Waals surface area contributed by atoms with Gasteiger partial charge < -0.3 is 10.2 Å². The van der Waals surface area contributed by atoms with Gasteiger partial charge in [-0.25, -0.2) is 0 Å². The summed E-state index contributed by atoms with van der Waals surface area (Å²) in [6.45, 7) is 3.48. The standard InChI is InChI=1S/C14H18N4O/c1-3-18(2)13-6-4-11(5-7-13)14(19)15-10-12-8-9-16-17-12/h4-9H,3,10H2,1-2H3,(H,15,19)(H,16,17). The van der Waals surface area contributed by atoms with Crippen molar-refractivity contribution in [1.29, 1.82) is 0 Å². The zero-order chi connectivity index (χ0) is 13.7. The number of aromatic amines is 1. The zero-order valence-corrected chi connectivity index (χ0v) is 11.2. The number of anilines is 1. The van der Waals surface area contributed by atoms with Crippen LogP contribution in [0.4, 0.5) is 5.69 Å². The van der Waals surface area contributed by atoms with Gasteiger partial charge in [0.2, 0.25) is 0 Å². The molecule has 5 heteroatoms. The van der Waals surface area contributed by atoms with Gasteiger partial charge in [-0.3, -0.25) is 9.89 Å². The Hall–Kier alpha value is -2.30. The number of carbonyl (C=O) groups is 1. The van der Waals surface area contributed by atoms with Gasteiger partial charge >= 0.3 is 0 Å². The third-order valence-corrected chi connectivity index (χ3v) is 3.04. The molecule has 1 aromatic carbocycles. The minimum Gasteiger partial charge on any atom is -0.375 e. The molecule has 0 saturated heterocycles. The van der Waals surface area contributed by atoms with Crippen molar-refractivity contribution in [3.8, 4) is 0 Å². The first-order valence-electron chi connectivity index (χ1n) is 6.28. The Morgan fingerprint density at radius 1 is 1.32 bits per heavy atom. The Labute approximate surface area is 112 Å². The first-order chi connectivity index (χ1) is 9.20. The highest BCUT2D eigenvalue weighted by molar-refractivity contribution is 5.94. The average molecular weight is 258 g/mol. The number of aromatic nitrogens is 2. The van der Waals surface area contributed by atoms with Gasteiger partial charge in [0, 0.05) is 31.0 Å². The Morgan fingerprint density at radius 3 is 2.63 bits per heavy atom. The van der Waals surface area contributed by atoms with Crippen LogP contribution in [0.15, 0.2) is 36.5 Å². The second kappa shape index (κ2) is 6.04. The third kappa shape index (κ3) is 3.34. The molecule has 1 amide bonds. The fourth-order valence-corrected chi connectivity index (χ4v) is 1.71. The maximum Gasteiger partial charge on any atom is 0.251 e. The van der Waals surface area contributed by atoms with Crippen LogP contribution in [0.25, 0.3) is 0 Å². The highest BCUT2D eigenvalue weighted by Crippen LogP contribution is 2.13. The monoisotopic (exact) mass is 258 g/mol.